The molecule has 2 rings (SSSR count). The van der Waals surface area contributed by atoms with Crippen LogP contribution in [0.15, 0.2) is 30.3 Å². The molecule has 108 valence electrons. The molecule has 0 heterocycles. The number of rotatable bonds is 7. The van der Waals surface area contributed by atoms with Gasteiger partial charge in [-0.25, -0.2) is 0 Å². The van der Waals surface area contributed by atoms with Crippen molar-refractivity contribution < 1.29 is 4.79 Å². The van der Waals surface area contributed by atoms with E-state index in [1.165, 1.54) is 12.8 Å². The van der Waals surface area contributed by atoms with E-state index in [-0.39, 0.29) is 11.8 Å². The zero-order valence-corrected chi connectivity index (χ0v) is 12.7. The summed E-state index contributed by atoms with van der Waals surface area (Å²) >= 11 is 5.12. The van der Waals surface area contributed by atoms with Crippen molar-refractivity contribution in [2.75, 3.05) is 13.1 Å². The summed E-state index contributed by atoms with van der Waals surface area (Å²) in [6, 6.07) is 9.93. The highest BCUT2D eigenvalue weighted by atomic mass is 32.1. The monoisotopic (exact) mass is 290 g/mol. The van der Waals surface area contributed by atoms with Crippen LogP contribution in [0.5, 0.6) is 0 Å². The van der Waals surface area contributed by atoms with Crippen molar-refractivity contribution in [3.8, 4) is 0 Å². The van der Waals surface area contributed by atoms with Crippen LogP contribution in [0.25, 0.3) is 0 Å². The van der Waals surface area contributed by atoms with Gasteiger partial charge in [-0.15, -0.1) is 0 Å². The van der Waals surface area contributed by atoms with Crippen molar-refractivity contribution >= 4 is 23.1 Å². The van der Waals surface area contributed by atoms with E-state index in [2.05, 4.69) is 0 Å². The van der Waals surface area contributed by atoms with Gasteiger partial charge in [0, 0.05) is 13.1 Å². The van der Waals surface area contributed by atoms with Crippen molar-refractivity contribution in [2.24, 2.45) is 17.6 Å². The lowest BCUT2D eigenvalue weighted by atomic mass is 9.97. The third-order valence-electron chi connectivity index (χ3n) is 3.79. The molecule has 1 atom stereocenters. The number of carbonyl (C=O) groups excluding carboxylic acids is 1. The van der Waals surface area contributed by atoms with E-state index in [1.807, 2.05) is 42.2 Å². The minimum Gasteiger partial charge on any atom is -0.393 e. The maximum Gasteiger partial charge on any atom is 0.232 e. The van der Waals surface area contributed by atoms with E-state index in [1.54, 1.807) is 0 Å². The fourth-order valence-electron chi connectivity index (χ4n) is 2.37. The second kappa shape index (κ2) is 6.84. The van der Waals surface area contributed by atoms with Crippen LogP contribution < -0.4 is 5.73 Å². The molecule has 0 spiro atoms. The Balaban J connectivity index is 2.06. The first kappa shape index (κ1) is 15.0. The van der Waals surface area contributed by atoms with E-state index in [0.717, 1.165) is 18.7 Å². The Morgan fingerprint density at radius 2 is 2.05 bits per heavy atom. The topological polar surface area (TPSA) is 46.3 Å². The lowest BCUT2D eigenvalue weighted by Crippen LogP contribution is -2.43. The van der Waals surface area contributed by atoms with Gasteiger partial charge in [0.2, 0.25) is 5.91 Å². The SMILES string of the molecule is CCN(CC1CC1)C(=O)C(Cc1ccccc1)C(N)=S. The molecule has 2 N–H and O–H groups in total. The van der Waals surface area contributed by atoms with E-state index >= 15 is 0 Å². The Bertz CT molecular complexity index is 471. The molecule has 1 saturated carbocycles. The first-order chi connectivity index (χ1) is 9.61. The van der Waals surface area contributed by atoms with Crippen molar-refractivity contribution in [1.82, 2.24) is 4.90 Å². The van der Waals surface area contributed by atoms with E-state index in [0.29, 0.717) is 17.3 Å². The summed E-state index contributed by atoms with van der Waals surface area (Å²) in [5.41, 5.74) is 6.91. The van der Waals surface area contributed by atoms with Gasteiger partial charge in [0.05, 0.1) is 10.9 Å². The summed E-state index contributed by atoms with van der Waals surface area (Å²) in [5, 5.41) is 0. The van der Waals surface area contributed by atoms with Crippen molar-refractivity contribution in [3.05, 3.63) is 35.9 Å². The zero-order chi connectivity index (χ0) is 14.5. The largest absolute Gasteiger partial charge is 0.393 e. The average molecular weight is 290 g/mol. The molecule has 0 saturated heterocycles. The number of nitrogens with zero attached hydrogens (tertiary/aromatic N) is 1. The number of hydrogen-bond donors (Lipinski definition) is 1. The Morgan fingerprint density at radius 1 is 1.40 bits per heavy atom. The fraction of sp³-hybridized carbons (Fsp3) is 0.500. The second-order valence-corrected chi connectivity index (χ2v) is 5.94. The first-order valence-corrected chi connectivity index (χ1v) is 7.64. The smallest absolute Gasteiger partial charge is 0.232 e. The third-order valence-corrected chi connectivity index (χ3v) is 4.08. The van der Waals surface area contributed by atoms with Crippen LogP contribution in [0.3, 0.4) is 0 Å². The molecule has 1 aromatic carbocycles. The van der Waals surface area contributed by atoms with E-state index < -0.39 is 0 Å². The average Bonchev–Trinajstić information content (AvgIpc) is 3.26. The number of amides is 1. The molecule has 3 nitrogen and oxygen atoms in total. The molecular weight excluding hydrogens is 268 g/mol. The Hall–Kier alpha value is -1.42. The molecule has 1 aliphatic carbocycles. The van der Waals surface area contributed by atoms with Crippen molar-refractivity contribution in [1.29, 1.82) is 0 Å². The molecule has 4 heteroatoms. The number of nitrogens with two attached hydrogens (primary N) is 1. The summed E-state index contributed by atoms with van der Waals surface area (Å²) in [6.45, 7) is 3.59. The number of benzene rings is 1. The Morgan fingerprint density at radius 3 is 2.55 bits per heavy atom. The van der Waals surface area contributed by atoms with Gasteiger partial charge in [-0.3, -0.25) is 4.79 Å². The van der Waals surface area contributed by atoms with Gasteiger partial charge in [0.25, 0.3) is 0 Å². The van der Waals surface area contributed by atoms with Crippen molar-refractivity contribution in [2.45, 2.75) is 26.2 Å². The molecule has 0 aromatic heterocycles. The van der Waals surface area contributed by atoms with Crippen LogP contribution in [0.1, 0.15) is 25.3 Å². The molecule has 0 bridgehead atoms. The number of carbonyl (C=O) groups is 1. The highest BCUT2D eigenvalue weighted by Crippen LogP contribution is 2.30. The van der Waals surface area contributed by atoms with Crippen LogP contribution in [-0.2, 0) is 11.2 Å². The fourth-order valence-corrected chi connectivity index (χ4v) is 2.55. The standard InChI is InChI=1S/C16H22N2OS/c1-2-18(11-13-8-9-13)16(19)14(15(17)20)10-12-6-4-3-5-7-12/h3-7,13-14H,2,8-11H2,1H3,(H2,17,20). The Kier molecular flexibility index (Phi) is 5.12. The molecule has 1 aromatic rings. The molecule has 0 radical (unpaired) electrons. The van der Waals surface area contributed by atoms with Crippen LogP contribution in [-0.4, -0.2) is 28.9 Å². The maximum atomic E-state index is 12.6. The minimum absolute atomic E-state index is 0.0794. The van der Waals surface area contributed by atoms with Crippen LogP contribution >= 0.6 is 12.2 Å². The Labute approximate surface area is 126 Å². The number of thiocarbonyl (C=S) groups is 1. The van der Waals surface area contributed by atoms with Gasteiger partial charge in [-0.2, -0.15) is 0 Å². The summed E-state index contributed by atoms with van der Waals surface area (Å²) in [6.07, 6.45) is 3.07. The molecule has 1 aliphatic rings. The predicted octanol–water partition coefficient (Wildman–Crippen LogP) is 2.39. The summed E-state index contributed by atoms with van der Waals surface area (Å²) < 4.78 is 0. The van der Waals surface area contributed by atoms with E-state index in [4.69, 9.17) is 18.0 Å². The molecule has 1 fully saturated rings. The zero-order valence-electron chi connectivity index (χ0n) is 11.9. The molecule has 1 amide bonds. The highest BCUT2D eigenvalue weighted by Gasteiger charge is 2.30. The maximum absolute atomic E-state index is 12.6. The lowest BCUT2D eigenvalue weighted by Gasteiger charge is -2.26. The first-order valence-electron chi connectivity index (χ1n) is 7.23. The highest BCUT2D eigenvalue weighted by molar-refractivity contribution is 7.80. The molecule has 20 heavy (non-hydrogen) atoms. The van der Waals surface area contributed by atoms with Gasteiger partial charge < -0.3 is 10.6 Å². The van der Waals surface area contributed by atoms with Gasteiger partial charge in [-0.05, 0) is 37.7 Å². The summed E-state index contributed by atoms with van der Waals surface area (Å²) in [7, 11) is 0. The van der Waals surface area contributed by atoms with E-state index in [9.17, 15) is 4.79 Å². The van der Waals surface area contributed by atoms with Crippen LogP contribution in [0.2, 0.25) is 0 Å². The predicted molar refractivity (Wildman–Crippen MR) is 85.4 cm³/mol. The quantitative estimate of drug-likeness (QED) is 0.784. The molecular formula is C16H22N2OS. The number of hydrogen-bond acceptors (Lipinski definition) is 2. The van der Waals surface area contributed by atoms with Gasteiger partial charge in [0.1, 0.15) is 0 Å². The van der Waals surface area contributed by atoms with Gasteiger partial charge in [0.15, 0.2) is 0 Å². The second-order valence-electron chi connectivity index (χ2n) is 5.46. The lowest BCUT2D eigenvalue weighted by molar-refractivity contribution is -0.133. The third kappa shape index (κ3) is 4.04. The summed E-state index contributed by atoms with van der Waals surface area (Å²) in [5.74, 6) is 0.379. The van der Waals surface area contributed by atoms with Crippen molar-refractivity contribution in [3.63, 3.8) is 0 Å². The van der Waals surface area contributed by atoms with Crippen LogP contribution in [0.4, 0.5) is 0 Å². The van der Waals surface area contributed by atoms with Gasteiger partial charge in [-0.1, -0.05) is 42.5 Å². The van der Waals surface area contributed by atoms with Crippen LogP contribution in [0, 0.1) is 11.8 Å². The summed E-state index contributed by atoms with van der Waals surface area (Å²) in [4.78, 5) is 14.8. The minimum atomic E-state index is -0.383. The molecule has 1 unspecified atom stereocenters. The molecule has 0 aliphatic heterocycles. The normalized spacial score (nSPS) is 15.7. The van der Waals surface area contributed by atoms with Gasteiger partial charge >= 0.3 is 0 Å².